The highest BCUT2D eigenvalue weighted by molar-refractivity contribution is 7.80. The molecule has 7 heteroatoms. The van der Waals surface area contributed by atoms with E-state index in [4.69, 9.17) is 17.0 Å². The number of carbonyl (C=O) groups excluding carboxylic acids is 2. The Morgan fingerprint density at radius 1 is 1.17 bits per heavy atom. The summed E-state index contributed by atoms with van der Waals surface area (Å²) in [5.41, 5.74) is 3.78. The van der Waals surface area contributed by atoms with E-state index < -0.39 is 0 Å². The molecule has 1 atom stereocenters. The largest absolute Gasteiger partial charge is 0.465 e. The quantitative estimate of drug-likeness (QED) is 0.493. The first-order valence-corrected chi connectivity index (χ1v) is 11.5. The molecule has 0 aliphatic heterocycles. The fraction of sp³-hybridized carbons (Fsp3) is 0.435. The number of ether oxygens (including phenoxy) is 1. The molecule has 1 aliphatic carbocycles. The smallest absolute Gasteiger partial charge is 0.341 e. The van der Waals surface area contributed by atoms with E-state index in [-0.39, 0.29) is 22.9 Å². The standard InChI is InChI=1S/C23H28N2O3S2/c1-13(2)12-15-8-10-16(11-9-15)14(3)20(26)24-23(29)25-21-19(22(27)28-4)17-6-5-7-18(17)30-21/h8-11,13-14H,5-7,12H2,1-4H3,(H2,24,25,26,29). The molecule has 1 aromatic heterocycles. The average Bonchev–Trinajstić information content (AvgIpc) is 3.27. The van der Waals surface area contributed by atoms with Crippen molar-refractivity contribution in [2.45, 2.75) is 52.4 Å². The molecule has 1 heterocycles. The maximum absolute atomic E-state index is 12.7. The van der Waals surface area contributed by atoms with E-state index in [0.29, 0.717) is 16.5 Å². The number of hydrogen-bond acceptors (Lipinski definition) is 5. The molecule has 160 valence electrons. The third-order valence-electron chi connectivity index (χ3n) is 5.29. The van der Waals surface area contributed by atoms with Gasteiger partial charge in [0.15, 0.2) is 5.11 Å². The van der Waals surface area contributed by atoms with Gasteiger partial charge in [0.2, 0.25) is 5.91 Å². The topological polar surface area (TPSA) is 67.4 Å². The van der Waals surface area contributed by atoms with Gasteiger partial charge in [-0.15, -0.1) is 11.3 Å². The molecule has 0 saturated heterocycles. The molecular weight excluding hydrogens is 416 g/mol. The second-order valence-electron chi connectivity index (χ2n) is 8.06. The predicted octanol–water partition coefficient (Wildman–Crippen LogP) is 4.84. The lowest BCUT2D eigenvalue weighted by atomic mass is 9.96. The van der Waals surface area contributed by atoms with Gasteiger partial charge in [0, 0.05) is 4.88 Å². The summed E-state index contributed by atoms with van der Waals surface area (Å²) in [7, 11) is 1.37. The number of amides is 1. The van der Waals surface area contributed by atoms with E-state index in [0.717, 1.165) is 36.8 Å². The van der Waals surface area contributed by atoms with Crippen molar-refractivity contribution in [3.63, 3.8) is 0 Å². The van der Waals surface area contributed by atoms with Crippen LogP contribution in [0.3, 0.4) is 0 Å². The Morgan fingerprint density at radius 2 is 1.87 bits per heavy atom. The summed E-state index contributed by atoms with van der Waals surface area (Å²) in [6.45, 7) is 6.23. The van der Waals surface area contributed by atoms with Crippen LogP contribution in [0.25, 0.3) is 0 Å². The van der Waals surface area contributed by atoms with Gasteiger partial charge in [-0.3, -0.25) is 4.79 Å². The van der Waals surface area contributed by atoms with Gasteiger partial charge in [-0.2, -0.15) is 0 Å². The summed E-state index contributed by atoms with van der Waals surface area (Å²) < 4.78 is 4.95. The van der Waals surface area contributed by atoms with Crippen molar-refractivity contribution in [1.29, 1.82) is 0 Å². The van der Waals surface area contributed by atoms with Crippen LogP contribution in [-0.2, 0) is 28.8 Å². The number of thiophene rings is 1. The second-order valence-corrected chi connectivity index (χ2v) is 9.57. The Balaban J connectivity index is 1.65. The van der Waals surface area contributed by atoms with Gasteiger partial charge in [-0.1, -0.05) is 38.1 Å². The van der Waals surface area contributed by atoms with Crippen molar-refractivity contribution in [3.8, 4) is 0 Å². The van der Waals surface area contributed by atoms with E-state index >= 15 is 0 Å². The summed E-state index contributed by atoms with van der Waals surface area (Å²) in [5.74, 6) is -0.312. The summed E-state index contributed by atoms with van der Waals surface area (Å²) in [5, 5.41) is 6.63. The lowest BCUT2D eigenvalue weighted by Crippen LogP contribution is -2.36. The number of anilines is 1. The minimum atomic E-state index is -0.374. The zero-order valence-electron chi connectivity index (χ0n) is 17.8. The maximum atomic E-state index is 12.7. The van der Waals surface area contributed by atoms with Gasteiger partial charge in [-0.05, 0) is 67.4 Å². The van der Waals surface area contributed by atoms with E-state index in [1.165, 1.54) is 28.9 Å². The van der Waals surface area contributed by atoms with Crippen molar-refractivity contribution in [1.82, 2.24) is 5.32 Å². The Bertz CT molecular complexity index is 948. The molecule has 0 spiro atoms. The van der Waals surface area contributed by atoms with E-state index in [1.54, 1.807) is 0 Å². The molecule has 1 aliphatic rings. The Kier molecular flexibility index (Phi) is 7.26. The summed E-state index contributed by atoms with van der Waals surface area (Å²) in [4.78, 5) is 26.1. The predicted molar refractivity (Wildman–Crippen MR) is 125 cm³/mol. The Morgan fingerprint density at radius 3 is 2.50 bits per heavy atom. The first kappa shape index (κ1) is 22.4. The van der Waals surface area contributed by atoms with Crippen LogP contribution in [0.1, 0.15) is 65.0 Å². The van der Waals surface area contributed by atoms with Crippen LogP contribution in [0.4, 0.5) is 5.00 Å². The number of carbonyl (C=O) groups is 2. The molecule has 1 amide bonds. The van der Waals surface area contributed by atoms with Crippen molar-refractivity contribution in [3.05, 3.63) is 51.4 Å². The number of aryl methyl sites for hydroxylation is 1. The van der Waals surface area contributed by atoms with Gasteiger partial charge in [-0.25, -0.2) is 4.79 Å². The third kappa shape index (κ3) is 5.08. The zero-order chi connectivity index (χ0) is 21.8. The van der Waals surface area contributed by atoms with Gasteiger partial charge < -0.3 is 15.4 Å². The molecule has 0 saturated carbocycles. The fourth-order valence-corrected chi connectivity index (χ4v) is 5.28. The average molecular weight is 445 g/mol. The lowest BCUT2D eigenvalue weighted by Gasteiger charge is -2.15. The number of esters is 1. The number of rotatable bonds is 6. The lowest BCUT2D eigenvalue weighted by molar-refractivity contribution is -0.120. The van der Waals surface area contributed by atoms with Crippen LogP contribution in [0.2, 0.25) is 0 Å². The fourth-order valence-electron chi connectivity index (χ4n) is 3.73. The molecule has 0 radical (unpaired) electrons. The number of methoxy groups -OCH3 is 1. The van der Waals surface area contributed by atoms with Crippen molar-refractivity contribution in [2.24, 2.45) is 5.92 Å². The highest BCUT2D eigenvalue weighted by Crippen LogP contribution is 2.39. The molecule has 5 nitrogen and oxygen atoms in total. The van der Waals surface area contributed by atoms with Gasteiger partial charge in [0.1, 0.15) is 5.00 Å². The summed E-state index contributed by atoms with van der Waals surface area (Å²) >= 11 is 6.86. The van der Waals surface area contributed by atoms with Gasteiger partial charge in [0.25, 0.3) is 0 Å². The first-order valence-electron chi connectivity index (χ1n) is 10.2. The molecule has 0 bridgehead atoms. The Hall–Kier alpha value is -2.25. The summed E-state index contributed by atoms with van der Waals surface area (Å²) in [6, 6.07) is 8.15. The first-order chi connectivity index (χ1) is 14.3. The molecule has 2 aromatic rings. The number of benzene rings is 1. The van der Waals surface area contributed by atoms with Crippen LogP contribution in [-0.4, -0.2) is 24.1 Å². The third-order valence-corrected chi connectivity index (χ3v) is 6.70. The normalized spacial score (nSPS) is 13.6. The van der Waals surface area contributed by atoms with Crippen LogP contribution >= 0.6 is 23.6 Å². The Labute approximate surface area is 187 Å². The molecular formula is C23H28N2O3S2. The van der Waals surface area contributed by atoms with Crippen LogP contribution in [0, 0.1) is 5.92 Å². The zero-order valence-corrected chi connectivity index (χ0v) is 19.5. The molecule has 1 aromatic carbocycles. The molecule has 2 N–H and O–H groups in total. The van der Waals surface area contributed by atoms with Gasteiger partial charge >= 0.3 is 5.97 Å². The number of fused-ring (bicyclic) bond motifs is 1. The van der Waals surface area contributed by atoms with Crippen molar-refractivity contribution in [2.75, 3.05) is 12.4 Å². The molecule has 3 rings (SSSR count). The van der Waals surface area contributed by atoms with Crippen LogP contribution in [0.5, 0.6) is 0 Å². The minimum Gasteiger partial charge on any atom is -0.465 e. The van der Waals surface area contributed by atoms with Crippen LogP contribution in [0.15, 0.2) is 24.3 Å². The SMILES string of the molecule is COC(=O)c1c(NC(=S)NC(=O)C(C)c2ccc(CC(C)C)cc2)sc2c1CCC2. The van der Waals surface area contributed by atoms with E-state index in [1.807, 2.05) is 19.1 Å². The van der Waals surface area contributed by atoms with Crippen molar-refractivity contribution < 1.29 is 14.3 Å². The second kappa shape index (κ2) is 9.71. The molecule has 0 fully saturated rings. The van der Waals surface area contributed by atoms with Crippen LogP contribution < -0.4 is 10.6 Å². The van der Waals surface area contributed by atoms with Crippen molar-refractivity contribution >= 4 is 45.5 Å². The highest BCUT2D eigenvalue weighted by atomic mass is 32.1. The maximum Gasteiger partial charge on any atom is 0.341 e. The highest BCUT2D eigenvalue weighted by Gasteiger charge is 2.28. The van der Waals surface area contributed by atoms with E-state index in [2.05, 4.69) is 36.6 Å². The number of thiocarbonyl (C=S) groups is 1. The minimum absolute atomic E-state index is 0.187. The number of nitrogens with one attached hydrogen (secondary N) is 2. The number of hydrogen-bond donors (Lipinski definition) is 2. The molecule has 1 unspecified atom stereocenters. The van der Waals surface area contributed by atoms with E-state index in [9.17, 15) is 9.59 Å². The summed E-state index contributed by atoms with van der Waals surface area (Å²) in [6.07, 6.45) is 3.87. The monoisotopic (exact) mass is 444 g/mol. The molecule has 30 heavy (non-hydrogen) atoms. The van der Waals surface area contributed by atoms with Gasteiger partial charge in [0.05, 0.1) is 18.6 Å².